The summed E-state index contributed by atoms with van der Waals surface area (Å²) in [6.45, 7) is 0. The van der Waals surface area contributed by atoms with E-state index in [4.69, 9.17) is 4.74 Å². The zero-order valence-corrected chi connectivity index (χ0v) is 10.4. The maximum absolute atomic E-state index is 12.8. The lowest BCUT2D eigenvalue weighted by Gasteiger charge is -2.18. The van der Waals surface area contributed by atoms with Crippen LogP contribution in [0.3, 0.4) is 0 Å². The van der Waals surface area contributed by atoms with Gasteiger partial charge in [-0.25, -0.2) is 0 Å². The Balaban J connectivity index is 2.59. The van der Waals surface area contributed by atoms with Crippen LogP contribution in [0.4, 0.5) is 26.3 Å². The monoisotopic (exact) mass is 312 g/mol. The van der Waals surface area contributed by atoms with E-state index in [2.05, 4.69) is 0 Å². The molecule has 1 aromatic heterocycles. The third kappa shape index (κ3) is 3.06. The van der Waals surface area contributed by atoms with Crippen LogP contribution in [0.5, 0.6) is 11.5 Å². The summed E-state index contributed by atoms with van der Waals surface area (Å²) in [6.07, 6.45) is -9.88. The normalized spacial score (nSPS) is 12.5. The van der Waals surface area contributed by atoms with Crippen molar-refractivity contribution in [3.8, 4) is 11.5 Å². The number of thiophene rings is 1. The minimum atomic E-state index is -4.94. The van der Waals surface area contributed by atoms with E-state index in [1.54, 1.807) is 0 Å². The molecule has 0 aliphatic carbocycles. The van der Waals surface area contributed by atoms with E-state index >= 15 is 0 Å². The Kier molecular flexibility index (Phi) is 3.68. The largest absolute Gasteiger partial charge is 0.455 e. The van der Waals surface area contributed by atoms with Crippen LogP contribution in [0.1, 0.15) is 11.1 Å². The number of hydrogen-bond donors (Lipinski definition) is 0. The number of alkyl halides is 6. The van der Waals surface area contributed by atoms with Crippen molar-refractivity contribution in [3.05, 3.63) is 46.2 Å². The Morgan fingerprint density at radius 3 is 1.80 bits per heavy atom. The van der Waals surface area contributed by atoms with Gasteiger partial charge in [0.2, 0.25) is 0 Å². The van der Waals surface area contributed by atoms with E-state index in [1.165, 1.54) is 16.8 Å². The van der Waals surface area contributed by atoms with Crippen molar-refractivity contribution < 1.29 is 31.1 Å². The van der Waals surface area contributed by atoms with Crippen LogP contribution in [-0.2, 0) is 12.4 Å². The Hall–Kier alpha value is -1.70. The third-order valence-electron chi connectivity index (χ3n) is 2.34. The van der Waals surface area contributed by atoms with Gasteiger partial charge in [-0.05, 0) is 23.6 Å². The Labute approximate surface area is 113 Å². The number of hydrogen-bond acceptors (Lipinski definition) is 2. The number of rotatable bonds is 2. The van der Waals surface area contributed by atoms with Gasteiger partial charge in [-0.2, -0.15) is 26.3 Å². The average molecular weight is 312 g/mol. The molecule has 20 heavy (non-hydrogen) atoms. The molecule has 1 heterocycles. The summed E-state index contributed by atoms with van der Waals surface area (Å²) >= 11 is 1.10. The minimum Gasteiger partial charge on any atom is -0.455 e. The van der Waals surface area contributed by atoms with Crippen LogP contribution in [0.2, 0.25) is 0 Å². The van der Waals surface area contributed by atoms with Gasteiger partial charge in [0.25, 0.3) is 0 Å². The molecule has 2 aromatic rings. The summed E-state index contributed by atoms with van der Waals surface area (Å²) in [7, 11) is 0. The van der Waals surface area contributed by atoms with Gasteiger partial charge in [0.1, 0.15) is 5.75 Å². The van der Waals surface area contributed by atoms with E-state index in [0.29, 0.717) is 18.2 Å². The number of para-hydroxylation sites is 1. The zero-order chi connectivity index (χ0) is 15.0. The molecule has 1 aromatic carbocycles. The second kappa shape index (κ2) is 5.01. The first-order valence-electron chi connectivity index (χ1n) is 5.17. The van der Waals surface area contributed by atoms with Crippen molar-refractivity contribution in [2.45, 2.75) is 12.4 Å². The predicted octanol–water partition coefficient (Wildman–Crippen LogP) is 5.58. The highest BCUT2D eigenvalue weighted by atomic mass is 32.1. The van der Waals surface area contributed by atoms with E-state index in [0.717, 1.165) is 11.3 Å². The molecule has 0 amide bonds. The first-order valence-corrected chi connectivity index (χ1v) is 6.11. The molecule has 0 aliphatic rings. The van der Waals surface area contributed by atoms with E-state index in [-0.39, 0.29) is 5.75 Å². The highest BCUT2D eigenvalue weighted by molar-refractivity contribution is 7.08. The number of halogens is 6. The van der Waals surface area contributed by atoms with Crippen LogP contribution < -0.4 is 4.74 Å². The molecule has 2 rings (SSSR count). The topological polar surface area (TPSA) is 9.23 Å². The lowest BCUT2D eigenvalue weighted by atomic mass is 10.1. The van der Waals surface area contributed by atoms with Gasteiger partial charge in [0.15, 0.2) is 5.75 Å². The fraction of sp³-hybridized carbons (Fsp3) is 0.167. The molecule has 0 spiro atoms. The van der Waals surface area contributed by atoms with Crippen molar-refractivity contribution in [3.63, 3.8) is 0 Å². The number of benzene rings is 1. The molecule has 0 saturated heterocycles. The van der Waals surface area contributed by atoms with Gasteiger partial charge in [-0.15, -0.1) is 11.3 Å². The van der Waals surface area contributed by atoms with Gasteiger partial charge < -0.3 is 4.74 Å². The maximum Gasteiger partial charge on any atom is 0.420 e. The average Bonchev–Trinajstić information content (AvgIpc) is 2.79. The zero-order valence-electron chi connectivity index (χ0n) is 9.55. The van der Waals surface area contributed by atoms with Gasteiger partial charge in [-0.3, -0.25) is 0 Å². The van der Waals surface area contributed by atoms with Crippen LogP contribution in [0.15, 0.2) is 35.0 Å². The van der Waals surface area contributed by atoms with Crippen molar-refractivity contribution in [2.24, 2.45) is 0 Å². The SMILES string of the molecule is FC(F)(F)c1cccc(C(F)(F)F)c1Oc1ccsc1. The summed E-state index contributed by atoms with van der Waals surface area (Å²) in [6, 6.07) is 3.10. The quantitative estimate of drug-likeness (QED) is 0.658. The molecule has 0 bridgehead atoms. The molecule has 0 aliphatic heterocycles. The van der Waals surface area contributed by atoms with Crippen molar-refractivity contribution in [1.82, 2.24) is 0 Å². The molecule has 0 saturated carbocycles. The van der Waals surface area contributed by atoms with Crippen molar-refractivity contribution in [1.29, 1.82) is 0 Å². The van der Waals surface area contributed by atoms with E-state index in [1.807, 2.05) is 0 Å². The molecule has 8 heteroatoms. The van der Waals surface area contributed by atoms with Crippen LogP contribution in [-0.4, -0.2) is 0 Å². The van der Waals surface area contributed by atoms with Gasteiger partial charge in [-0.1, -0.05) is 6.07 Å². The summed E-state index contributed by atoms with van der Waals surface area (Å²) in [5.74, 6) is -1.30. The molecule has 108 valence electrons. The minimum absolute atomic E-state index is 0.0720. The maximum atomic E-state index is 12.8. The molecule has 0 unspecified atom stereocenters. The van der Waals surface area contributed by atoms with Gasteiger partial charge >= 0.3 is 12.4 Å². The molecule has 0 fully saturated rings. The molecular formula is C12H6F6OS. The summed E-state index contributed by atoms with van der Waals surface area (Å²) < 4.78 is 81.6. The lowest BCUT2D eigenvalue weighted by Crippen LogP contribution is -2.13. The second-order valence-corrected chi connectivity index (χ2v) is 4.52. The number of ether oxygens (including phenoxy) is 1. The molecule has 0 atom stereocenters. The fourth-order valence-electron chi connectivity index (χ4n) is 1.52. The Bertz CT molecular complexity index is 553. The fourth-order valence-corrected chi connectivity index (χ4v) is 2.07. The van der Waals surface area contributed by atoms with Crippen LogP contribution in [0, 0.1) is 0 Å². The second-order valence-electron chi connectivity index (χ2n) is 3.74. The van der Waals surface area contributed by atoms with Gasteiger partial charge in [0, 0.05) is 5.38 Å². The van der Waals surface area contributed by atoms with Crippen molar-refractivity contribution >= 4 is 11.3 Å². The first-order chi connectivity index (χ1) is 9.19. The van der Waals surface area contributed by atoms with E-state index in [9.17, 15) is 26.3 Å². The molecule has 0 radical (unpaired) electrons. The van der Waals surface area contributed by atoms with Crippen molar-refractivity contribution in [2.75, 3.05) is 0 Å². The highest BCUT2D eigenvalue weighted by Crippen LogP contribution is 2.45. The Morgan fingerprint density at radius 1 is 0.850 bits per heavy atom. The lowest BCUT2D eigenvalue weighted by molar-refractivity contribution is -0.144. The van der Waals surface area contributed by atoms with Crippen LogP contribution >= 0.6 is 11.3 Å². The standard InChI is InChI=1S/C12H6F6OS/c13-11(14,15)8-2-1-3-9(12(16,17)18)10(8)19-7-4-5-20-6-7/h1-6H. The van der Waals surface area contributed by atoms with E-state index < -0.39 is 29.2 Å². The Morgan fingerprint density at radius 2 is 1.40 bits per heavy atom. The predicted molar refractivity (Wildman–Crippen MR) is 60.8 cm³/mol. The highest BCUT2D eigenvalue weighted by Gasteiger charge is 2.42. The molecule has 0 N–H and O–H groups in total. The smallest absolute Gasteiger partial charge is 0.420 e. The molecular weight excluding hydrogens is 306 g/mol. The van der Waals surface area contributed by atoms with Crippen LogP contribution in [0.25, 0.3) is 0 Å². The summed E-state index contributed by atoms with van der Waals surface area (Å²) in [5, 5.41) is 2.80. The third-order valence-corrected chi connectivity index (χ3v) is 3.00. The summed E-state index contributed by atoms with van der Waals surface area (Å²) in [5.41, 5.74) is -2.92. The van der Waals surface area contributed by atoms with Gasteiger partial charge in [0.05, 0.1) is 11.1 Å². The summed E-state index contributed by atoms with van der Waals surface area (Å²) in [4.78, 5) is 0. The first kappa shape index (κ1) is 14.7. The molecule has 1 nitrogen and oxygen atoms in total.